The number of rotatable bonds is 9. The Bertz CT molecular complexity index is 1150. The minimum Gasteiger partial charge on any atom is -0.490 e. The highest BCUT2D eigenvalue weighted by molar-refractivity contribution is 6.42. The van der Waals surface area contributed by atoms with Crippen molar-refractivity contribution >= 4 is 34.2 Å². The van der Waals surface area contributed by atoms with Crippen molar-refractivity contribution in [3.63, 3.8) is 0 Å². The third-order valence-corrected chi connectivity index (χ3v) is 6.63. The number of benzene rings is 2. The van der Waals surface area contributed by atoms with Gasteiger partial charge in [0, 0.05) is 19.6 Å². The minimum atomic E-state index is -0.629. The third kappa shape index (κ3) is 5.84. The molecule has 1 aromatic heterocycles. The summed E-state index contributed by atoms with van der Waals surface area (Å²) in [5.74, 6) is 1.60. The predicted molar refractivity (Wildman–Crippen MR) is 131 cm³/mol. The monoisotopic (exact) mass is 493 g/mol. The maximum Gasteiger partial charge on any atom is 0.326 e. The Morgan fingerprint density at radius 3 is 2.67 bits per heavy atom. The number of nitrogens with one attached hydrogen (secondary N) is 1. The van der Waals surface area contributed by atoms with Gasteiger partial charge in [0.25, 0.3) is 0 Å². The summed E-state index contributed by atoms with van der Waals surface area (Å²) in [6, 6.07) is 10.9. The molecule has 2 atom stereocenters. The Balaban J connectivity index is 1.35. The fourth-order valence-electron chi connectivity index (χ4n) is 4.44. The molecule has 0 aliphatic carbocycles. The number of aliphatic hydroxyl groups excluding tert-OH is 1. The van der Waals surface area contributed by atoms with E-state index in [9.17, 15) is 9.90 Å². The number of H-pyrrole nitrogens is 1. The van der Waals surface area contributed by atoms with Crippen LogP contribution in [-0.2, 0) is 6.54 Å². The lowest BCUT2D eigenvalue weighted by Gasteiger charge is -2.34. The van der Waals surface area contributed by atoms with E-state index in [0.717, 1.165) is 31.4 Å². The number of aliphatic hydroxyl groups is 1. The van der Waals surface area contributed by atoms with Crippen molar-refractivity contribution in [3.05, 3.63) is 56.9 Å². The van der Waals surface area contributed by atoms with Gasteiger partial charge in [-0.1, -0.05) is 35.3 Å². The van der Waals surface area contributed by atoms with Crippen molar-refractivity contribution in [1.82, 2.24) is 14.5 Å². The van der Waals surface area contributed by atoms with Crippen molar-refractivity contribution in [3.8, 4) is 11.5 Å². The first-order valence-corrected chi connectivity index (χ1v) is 12.0. The van der Waals surface area contributed by atoms with Crippen molar-refractivity contribution in [1.29, 1.82) is 0 Å². The Hall–Kier alpha value is -2.19. The van der Waals surface area contributed by atoms with Gasteiger partial charge in [0.2, 0.25) is 0 Å². The number of imidazole rings is 1. The fraction of sp³-hybridized carbons (Fsp3) is 0.458. The zero-order valence-corrected chi connectivity index (χ0v) is 20.1. The quantitative estimate of drug-likeness (QED) is 0.467. The molecule has 0 bridgehead atoms. The van der Waals surface area contributed by atoms with Crippen LogP contribution in [-0.4, -0.2) is 58.5 Å². The van der Waals surface area contributed by atoms with Crippen LogP contribution in [0.3, 0.4) is 0 Å². The van der Waals surface area contributed by atoms with Gasteiger partial charge in [-0.15, -0.1) is 0 Å². The molecule has 178 valence electrons. The van der Waals surface area contributed by atoms with Crippen molar-refractivity contribution in [2.24, 2.45) is 5.92 Å². The Kier molecular flexibility index (Phi) is 7.86. The average molecular weight is 494 g/mol. The van der Waals surface area contributed by atoms with E-state index in [1.807, 2.05) is 31.2 Å². The molecule has 33 heavy (non-hydrogen) atoms. The second-order valence-electron chi connectivity index (χ2n) is 8.44. The van der Waals surface area contributed by atoms with E-state index in [-0.39, 0.29) is 18.2 Å². The molecular formula is C24H29Cl2N3O4. The van der Waals surface area contributed by atoms with Crippen LogP contribution in [0.2, 0.25) is 10.0 Å². The Morgan fingerprint density at radius 2 is 1.91 bits per heavy atom. The van der Waals surface area contributed by atoms with E-state index in [1.54, 1.807) is 16.7 Å². The molecule has 2 N–H and O–H groups in total. The van der Waals surface area contributed by atoms with E-state index >= 15 is 0 Å². The number of piperidine rings is 1. The van der Waals surface area contributed by atoms with Gasteiger partial charge in [-0.25, -0.2) is 4.79 Å². The standard InChI is InChI=1S/C24H29Cl2N3O4/c1-2-32-22-7-3-4-8-23(22)33-15-17(30)14-28-9-5-6-16(12-28)13-29-21-11-19(26)18(25)10-20(21)27-24(29)31/h3-4,7-8,10-11,16-17,30H,2,5-6,9,12-15H2,1H3,(H,27,31). The van der Waals surface area contributed by atoms with Gasteiger partial charge in [0.15, 0.2) is 11.5 Å². The molecule has 3 aromatic rings. The molecule has 2 aromatic carbocycles. The zero-order valence-electron chi connectivity index (χ0n) is 18.6. The Labute approximate surface area is 202 Å². The molecule has 1 fully saturated rings. The highest BCUT2D eigenvalue weighted by atomic mass is 35.5. The predicted octanol–water partition coefficient (Wildman–Crippen LogP) is 4.19. The molecule has 1 saturated heterocycles. The highest BCUT2D eigenvalue weighted by Crippen LogP contribution is 2.28. The third-order valence-electron chi connectivity index (χ3n) is 5.91. The number of hydrogen-bond acceptors (Lipinski definition) is 5. The van der Waals surface area contributed by atoms with Crippen molar-refractivity contribution in [2.75, 3.05) is 32.8 Å². The molecule has 4 rings (SSSR count). The van der Waals surface area contributed by atoms with E-state index in [0.29, 0.717) is 46.8 Å². The van der Waals surface area contributed by atoms with E-state index < -0.39 is 6.10 Å². The van der Waals surface area contributed by atoms with Gasteiger partial charge in [-0.2, -0.15) is 0 Å². The van der Waals surface area contributed by atoms with E-state index in [4.69, 9.17) is 32.7 Å². The second-order valence-corrected chi connectivity index (χ2v) is 9.25. The molecule has 0 saturated carbocycles. The summed E-state index contributed by atoms with van der Waals surface area (Å²) < 4.78 is 13.1. The van der Waals surface area contributed by atoms with E-state index in [2.05, 4.69) is 9.88 Å². The maximum absolute atomic E-state index is 12.5. The molecule has 0 amide bonds. The van der Waals surface area contributed by atoms with Crippen LogP contribution in [0.1, 0.15) is 19.8 Å². The van der Waals surface area contributed by atoms with E-state index in [1.165, 1.54) is 0 Å². The fourth-order valence-corrected chi connectivity index (χ4v) is 4.76. The van der Waals surface area contributed by atoms with Gasteiger partial charge in [-0.05, 0) is 56.5 Å². The summed E-state index contributed by atoms with van der Waals surface area (Å²) in [6.07, 6.45) is 1.40. The lowest BCUT2D eigenvalue weighted by Crippen LogP contribution is -2.43. The Morgan fingerprint density at radius 1 is 1.18 bits per heavy atom. The number of para-hydroxylation sites is 2. The first-order valence-electron chi connectivity index (χ1n) is 11.3. The largest absolute Gasteiger partial charge is 0.490 e. The maximum atomic E-state index is 12.5. The lowest BCUT2D eigenvalue weighted by atomic mass is 9.97. The number of ether oxygens (including phenoxy) is 2. The van der Waals surface area contributed by atoms with Crippen LogP contribution < -0.4 is 15.2 Å². The van der Waals surface area contributed by atoms with Gasteiger partial charge in [0.05, 0.1) is 27.7 Å². The highest BCUT2D eigenvalue weighted by Gasteiger charge is 2.24. The summed E-state index contributed by atoms with van der Waals surface area (Å²) in [6.45, 7) is 5.47. The number of halogens is 2. The first-order chi connectivity index (χ1) is 15.9. The lowest BCUT2D eigenvalue weighted by molar-refractivity contribution is 0.0491. The SMILES string of the molecule is CCOc1ccccc1OCC(O)CN1CCCC(Cn2c(=O)[nH]c3cc(Cl)c(Cl)cc32)C1. The van der Waals surface area contributed by atoms with Crippen molar-refractivity contribution < 1.29 is 14.6 Å². The summed E-state index contributed by atoms with van der Waals surface area (Å²) in [7, 11) is 0. The van der Waals surface area contributed by atoms with Crippen LogP contribution in [0, 0.1) is 5.92 Å². The molecule has 1 aliphatic rings. The first kappa shape index (κ1) is 24.0. The zero-order chi connectivity index (χ0) is 23.4. The smallest absolute Gasteiger partial charge is 0.326 e. The van der Waals surface area contributed by atoms with Crippen LogP contribution in [0.15, 0.2) is 41.2 Å². The molecule has 2 unspecified atom stereocenters. The molecule has 7 nitrogen and oxygen atoms in total. The molecule has 0 radical (unpaired) electrons. The minimum absolute atomic E-state index is 0.165. The van der Waals surface area contributed by atoms with Gasteiger partial charge >= 0.3 is 5.69 Å². The van der Waals surface area contributed by atoms with Crippen LogP contribution in [0.5, 0.6) is 11.5 Å². The van der Waals surface area contributed by atoms with Crippen LogP contribution in [0.4, 0.5) is 0 Å². The number of nitrogens with zero attached hydrogens (tertiary/aromatic N) is 2. The van der Waals surface area contributed by atoms with Crippen LogP contribution in [0.25, 0.3) is 11.0 Å². The second kappa shape index (κ2) is 10.8. The van der Waals surface area contributed by atoms with Crippen LogP contribution >= 0.6 is 23.2 Å². The number of likely N-dealkylation sites (tertiary alicyclic amines) is 1. The van der Waals surface area contributed by atoms with Gasteiger partial charge in [-0.3, -0.25) is 4.57 Å². The number of hydrogen-bond donors (Lipinski definition) is 2. The molecule has 9 heteroatoms. The number of fused-ring (bicyclic) bond motifs is 1. The molecule has 0 spiro atoms. The summed E-state index contributed by atoms with van der Waals surface area (Å²) in [4.78, 5) is 17.6. The topological polar surface area (TPSA) is 79.7 Å². The number of β-amino-alcohol motifs (C(OH)–C–C–N with tert-alkyl or cyclic N) is 1. The normalized spacial score (nSPS) is 17.9. The van der Waals surface area contributed by atoms with Gasteiger partial charge in [0.1, 0.15) is 12.7 Å². The number of aromatic nitrogens is 2. The number of aromatic amines is 1. The van der Waals surface area contributed by atoms with Crippen molar-refractivity contribution in [2.45, 2.75) is 32.4 Å². The average Bonchev–Trinajstić information content (AvgIpc) is 3.08. The molecular weight excluding hydrogens is 465 g/mol. The summed E-state index contributed by atoms with van der Waals surface area (Å²) >= 11 is 12.3. The van der Waals surface area contributed by atoms with Gasteiger partial charge < -0.3 is 24.5 Å². The molecule has 1 aliphatic heterocycles. The summed E-state index contributed by atoms with van der Waals surface area (Å²) in [5.41, 5.74) is 1.27. The summed E-state index contributed by atoms with van der Waals surface area (Å²) in [5, 5.41) is 11.4. The molecule has 2 heterocycles.